The van der Waals surface area contributed by atoms with Crippen LogP contribution in [0.15, 0.2) is 22.7 Å². The zero-order valence-electron chi connectivity index (χ0n) is 11.6. The van der Waals surface area contributed by atoms with Crippen molar-refractivity contribution in [1.82, 2.24) is 0 Å². The predicted molar refractivity (Wildman–Crippen MR) is 82.4 cm³/mol. The zero-order chi connectivity index (χ0) is 15.6. The van der Waals surface area contributed by atoms with Crippen LogP contribution in [0.1, 0.15) is 32.6 Å². The topological polar surface area (TPSA) is 92.5 Å². The molecule has 0 spiro atoms. The van der Waals surface area contributed by atoms with Gasteiger partial charge in [-0.2, -0.15) is 0 Å². The first-order chi connectivity index (χ1) is 9.84. The lowest BCUT2D eigenvalue weighted by Gasteiger charge is -2.37. The van der Waals surface area contributed by atoms with E-state index in [0.29, 0.717) is 17.3 Å². The van der Waals surface area contributed by atoms with Gasteiger partial charge in [0.1, 0.15) is 11.2 Å². The van der Waals surface area contributed by atoms with Crippen molar-refractivity contribution in [3.05, 3.63) is 32.8 Å². The van der Waals surface area contributed by atoms with Gasteiger partial charge in [0.15, 0.2) is 0 Å². The van der Waals surface area contributed by atoms with Crippen molar-refractivity contribution < 1.29 is 14.8 Å². The first-order valence-corrected chi connectivity index (χ1v) is 7.59. The molecule has 0 heterocycles. The van der Waals surface area contributed by atoms with Crippen LogP contribution in [0.3, 0.4) is 0 Å². The summed E-state index contributed by atoms with van der Waals surface area (Å²) in [7, 11) is 0. The van der Waals surface area contributed by atoms with E-state index in [2.05, 4.69) is 21.2 Å². The van der Waals surface area contributed by atoms with Crippen LogP contribution in [0.5, 0.6) is 0 Å². The van der Waals surface area contributed by atoms with Crippen molar-refractivity contribution in [2.45, 2.75) is 38.1 Å². The Balaban J connectivity index is 2.40. The molecule has 1 aliphatic rings. The highest BCUT2D eigenvalue weighted by Gasteiger charge is 2.43. The first kappa shape index (κ1) is 15.8. The standard InChI is InChI=1S/C14H17BrN2O4/c1-9-3-2-6-14(8-9,13(18)19)16-11-7-10(15)4-5-12(11)17(20)21/h4-5,7,9,16H,2-3,6,8H2,1H3,(H,18,19). The second kappa shape index (κ2) is 6.01. The summed E-state index contributed by atoms with van der Waals surface area (Å²) in [6.45, 7) is 2.01. The number of nitro benzene ring substituents is 1. The third kappa shape index (κ3) is 3.34. The number of hydrogen-bond donors (Lipinski definition) is 2. The fourth-order valence-electron chi connectivity index (χ4n) is 2.94. The van der Waals surface area contributed by atoms with Crippen molar-refractivity contribution in [3.8, 4) is 0 Å². The molecular formula is C14H17BrN2O4. The third-order valence-corrected chi connectivity index (χ3v) is 4.43. The monoisotopic (exact) mass is 356 g/mol. The lowest BCUT2D eigenvalue weighted by Crippen LogP contribution is -2.49. The number of anilines is 1. The smallest absolute Gasteiger partial charge is 0.329 e. The van der Waals surface area contributed by atoms with Crippen LogP contribution < -0.4 is 5.32 Å². The summed E-state index contributed by atoms with van der Waals surface area (Å²) in [5.74, 6) is -0.683. The van der Waals surface area contributed by atoms with Gasteiger partial charge in [0.05, 0.1) is 4.92 Å². The molecule has 21 heavy (non-hydrogen) atoms. The largest absolute Gasteiger partial charge is 0.480 e. The highest BCUT2D eigenvalue weighted by atomic mass is 79.9. The van der Waals surface area contributed by atoms with Crippen LogP contribution in [-0.4, -0.2) is 21.5 Å². The summed E-state index contributed by atoms with van der Waals surface area (Å²) in [6.07, 6.45) is 2.71. The molecule has 114 valence electrons. The Morgan fingerprint density at radius 1 is 1.57 bits per heavy atom. The first-order valence-electron chi connectivity index (χ1n) is 6.79. The minimum atomic E-state index is -1.14. The average Bonchev–Trinajstić information content (AvgIpc) is 2.38. The molecule has 0 bridgehead atoms. The number of benzene rings is 1. The van der Waals surface area contributed by atoms with Crippen molar-refractivity contribution in [3.63, 3.8) is 0 Å². The Bertz CT molecular complexity index is 578. The molecule has 2 atom stereocenters. The van der Waals surface area contributed by atoms with Gasteiger partial charge in [-0.3, -0.25) is 10.1 Å². The molecule has 0 saturated heterocycles. The molecule has 6 nitrogen and oxygen atoms in total. The Kier molecular flexibility index (Phi) is 4.51. The Morgan fingerprint density at radius 3 is 2.86 bits per heavy atom. The molecule has 2 unspecified atom stereocenters. The quantitative estimate of drug-likeness (QED) is 0.632. The number of hydrogen-bond acceptors (Lipinski definition) is 4. The Morgan fingerprint density at radius 2 is 2.29 bits per heavy atom. The summed E-state index contributed by atoms with van der Waals surface area (Å²) < 4.78 is 0.667. The maximum Gasteiger partial charge on any atom is 0.329 e. The van der Waals surface area contributed by atoms with Crippen LogP contribution >= 0.6 is 15.9 Å². The van der Waals surface area contributed by atoms with Crippen molar-refractivity contribution >= 4 is 33.3 Å². The number of nitro groups is 1. The number of nitrogens with zero attached hydrogens (tertiary/aromatic N) is 1. The van der Waals surface area contributed by atoms with Crippen molar-refractivity contribution in [1.29, 1.82) is 0 Å². The van der Waals surface area contributed by atoms with Crippen molar-refractivity contribution in [2.75, 3.05) is 5.32 Å². The number of nitrogens with one attached hydrogen (secondary N) is 1. The molecular weight excluding hydrogens is 340 g/mol. The molecule has 0 aromatic heterocycles. The summed E-state index contributed by atoms with van der Waals surface area (Å²) >= 11 is 3.27. The van der Waals surface area contributed by atoms with E-state index in [1.165, 1.54) is 6.07 Å². The van der Waals surface area contributed by atoms with Crippen LogP contribution in [0, 0.1) is 16.0 Å². The zero-order valence-corrected chi connectivity index (χ0v) is 13.2. The molecule has 1 fully saturated rings. The van der Waals surface area contributed by atoms with Crippen LogP contribution in [0.2, 0.25) is 0 Å². The van der Waals surface area contributed by atoms with Crippen molar-refractivity contribution in [2.24, 2.45) is 5.92 Å². The van der Waals surface area contributed by atoms with Crippen LogP contribution in [0.4, 0.5) is 11.4 Å². The fourth-order valence-corrected chi connectivity index (χ4v) is 3.30. The normalized spacial score (nSPS) is 25.3. The average molecular weight is 357 g/mol. The second-order valence-electron chi connectivity index (χ2n) is 5.63. The predicted octanol–water partition coefficient (Wildman–Crippen LogP) is 3.80. The molecule has 1 aromatic carbocycles. The van der Waals surface area contributed by atoms with E-state index in [-0.39, 0.29) is 17.3 Å². The minimum Gasteiger partial charge on any atom is -0.480 e. The lowest BCUT2D eigenvalue weighted by atomic mass is 9.76. The maximum absolute atomic E-state index is 11.7. The number of rotatable bonds is 4. The lowest BCUT2D eigenvalue weighted by molar-refractivity contribution is -0.384. The maximum atomic E-state index is 11.7. The van der Waals surface area contributed by atoms with E-state index in [4.69, 9.17) is 0 Å². The van der Waals surface area contributed by atoms with Crippen LogP contribution in [-0.2, 0) is 4.79 Å². The number of carboxylic acid groups (broad SMARTS) is 1. The molecule has 0 aliphatic heterocycles. The summed E-state index contributed by atoms with van der Waals surface area (Å²) in [5.41, 5.74) is -1.01. The summed E-state index contributed by atoms with van der Waals surface area (Å²) in [6, 6.07) is 4.50. The second-order valence-corrected chi connectivity index (χ2v) is 6.55. The van der Waals surface area contributed by atoms with E-state index in [1.807, 2.05) is 6.92 Å². The van der Waals surface area contributed by atoms with Gasteiger partial charge in [-0.05, 0) is 30.9 Å². The SMILES string of the molecule is CC1CCCC(Nc2cc(Br)ccc2[N+](=O)[O-])(C(=O)O)C1. The molecule has 1 saturated carbocycles. The van der Waals surface area contributed by atoms with Gasteiger partial charge in [0.25, 0.3) is 5.69 Å². The van der Waals surface area contributed by atoms with Gasteiger partial charge in [0, 0.05) is 10.5 Å². The number of carboxylic acids is 1. The molecule has 1 aromatic rings. The third-order valence-electron chi connectivity index (χ3n) is 3.94. The molecule has 2 N–H and O–H groups in total. The molecule has 1 aliphatic carbocycles. The number of aliphatic carboxylic acids is 1. The number of carbonyl (C=O) groups is 1. The van der Waals surface area contributed by atoms with E-state index in [1.54, 1.807) is 12.1 Å². The highest BCUT2D eigenvalue weighted by molar-refractivity contribution is 9.10. The molecule has 0 radical (unpaired) electrons. The summed E-state index contributed by atoms with van der Waals surface area (Å²) in [5, 5.41) is 23.7. The van der Waals surface area contributed by atoms with E-state index in [0.717, 1.165) is 12.8 Å². The van der Waals surface area contributed by atoms with Gasteiger partial charge in [-0.25, -0.2) is 4.79 Å². The molecule has 2 rings (SSSR count). The van der Waals surface area contributed by atoms with E-state index in [9.17, 15) is 20.0 Å². The highest BCUT2D eigenvalue weighted by Crippen LogP contribution is 2.38. The Hall–Kier alpha value is -1.63. The van der Waals surface area contributed by atoms with Gasteiger partial charge in [-0.15, -0.1) is 0 Å². The van der Waals surface area contributed by atoms with Gasteiger partial charge >= 0.3 is 5.97 Å². The fraction of sp³-hybridized carbons (Fsp3) is 0.500. The minimum absolute atomic E-state index is 0.114. The van der Waals surface area contributed by atoms with Crippen LogP contribution in [0.25, 0.3) is 0 Å². The van der Waals surface area contributed by atoms with Gasteiger partial charge in [0.2, 0.25) is 0 Å². The summed E-state index contributed by atoms with van der Waals surface area (Å²) in [4.78, 5) is 22.4. The molecule has 7 heteroatoms. The van der Waals surface area contributed by atoms with Gasteiger partial charge < -0.3 is 10.4 Å². The Labute approximate surface area is 130 Å². The van der Waals surface area contributed by atoms with Gasteiger partial charge in [-0.1, -0.05) is 35.7 Å². The van der Waals surface area contributed by atoms with E-state index < -0.39 is 16.4 Å². The molecule has 0 amide bonds. The van der Waals surface area contributed by atoms with E-state index >= 15 is 0 Å². The number of halogens is 1.